The van der Waals surface area contributed by atoms with Crippen LogP contribution in [-0.2, 0) is 18.9 Å². The van der Waals surface area contributed by atoms with E-state index in [9.17, 15) is 4.79 Å². The van der Waals surface area contributed by atoms with Crippen molar-refractivity contribution in [1.29, 1.82) is 0 Å². The Hall–Kier alpha value is -2.27. The molecule has 2 aromatic heterocycles. The molecule has 10 nitrogen and oxygen atoms in total. The van der Waals surface area contributed by atoms with Crippen LogP contribution in [0.1, 0.15) is 88.4 Å². The number of carbonyl (C=O) groups is 1. The van der Waals surface area contributed by atoms with Crippen molar-refractivity contribution in [2.45, 2.75) is 90.1 Å². The van der Waals surface area contributed by atoms with E-state index >= 15 is 0 Å². The van der Waals surface area contributed by atoms with E-state index in [-0.39, 0.29) is 23.6 Å². The summed E-state index contributed by atoms with van der Waals surface area (Å²) in [6.07, 6.45) is 5.89. The van der Waals surface area contributed by atoms with Crippen LogP contribution in [0.4, 0.5) is 5.82 Å². The molecule has 10 heteroatoms. The molecule has 1 amide bonds. The van der Waals surface area contributed by atoms with Crippen molar-refractivity contribution in [3.63, 3.8) is 0 Å². The highest BCUT2D eigenvalue weighted by atomic mass is 16.6. The van der Waals surface area contributed by atoms with Gasteiger partial charge in [-0.1, -0.05) is 40.0 Å². The number of anilines is 1. The number of amides is 1. The van der Waals surface area contributed by atoms with Crippen molar-refractivity contribution in [1.82, 2.24) is 14.6 Å². The van der Waals surface area contributed by atoms with Gasteiger partial charge in [0, 0.05) is 19.8 Å². The lowest BCUT2D eigenvalue weighted by molar-refractivity contribution is -0.138. The summed E-state index contributed by atoms with van der Waals surface area (Å²) in [4.78, 5) is 16.3. The zero-order chi connectivity index (χ0) is 25.4. The van der Waals surface area contributed by atoms with Crippen LogP contribution < -0.4 is 11.5 Å². The van der Waals surface area contributed by atoms with Crippen LogP contribution >= 0.6 is 0 Å². The van der Waals surface area contributed by atoms with E-state index in [0.29, 0.717) is 37.6 Å². The second-order valence-corrected chi connectivity index (χ2v) is 9.27. The quantitative estimate of drug-likeness (QED) is 0.362. The number of fused-ring (bicyclic) bond motifs is 1. The number of carbonyl (C=O) groups excluding carboxylic acids is 1. The van der Waals surface area contributed by atoms with Crippen molar-refractivity contribution in [2.24, 2.45) is 5.73 Å². The molecule has 1 aliphatic heterocycles. The lowest BCUT2D eigenvalue weighted by Crippen LogP contribution is -2.48. The van der Waals surface area contributed by atoms with E-state index in [2.05, 4.69) is 30.9 Å². The van der Waals surface area contributed by atoms with Crippen LogP contribution in [0.15, 0.2) is 12.4 Å². The standard InChI is InChI=1S/C25H41N5O5/c1-5-8-11-32-15-19-22(33-12-9-6-2)25(4,34-13-10-7-3)21(35-19)18-14-17(24(27)31)20-23(26)28-16-29-30(18)20/h14,16,19,21-22H,5-13,15H2,1-4H3,(H2,27,31)(H2,26,28,29)/t19-,21+,22-,25+/m1/s1. The minimum atomic E-state index is -0.857. The molecule has 0 aliphatic carbocycles. The van der Waals surface area contributed by atoms with Crippen LogP contribution in [0, 0.1) is 0 Å². The van der Waals surface area contributed by atoms with Crippen LogP contribution in [-0.4, -0.2) is 64.7 Å². The third-order valence-electron chi connectivity index (χ3n) is 6.51. The predicted octanol–water partition coefficient (Wildman–Crippen LogP) is 3.43. The normalized spacial score (nSPS) is 24.4. The lowest BCUT2D eigenvalue weighted by Gasteiger charge is -2.35. The number of hydrogen-bond acceptors (Lipinski definition) is 8. The summed E-state index contributed by atoms with van der Waals surface area (Å²) >= 11 is 0. The molecule has 0 saturated carbocycles. The Labute approximate surface area is 207 Å². The van der Waals surface area contributed by atoms with Gasteiger partial charge in [0.15, 0.2) is 5.82 Å². The summed E-state index contributed by atoms with van der Waals surface area (Å²) in [7, 11) is 0. The average molecular weight is 492 g/mol. The van der Waals surface area contributed by atoms with Gasteiger partial charge in [-0.15, -0.1) is 0 Å². The second-order valence-electron chi connectivity index (χ2n) is 9.27. The van der Waals surface area contributed by atoms with Gasteiger partial charge in [0.05, 0.1) is 17.9 Å². The van der Waals surface area contributed by atoms with Crippen molar-refractivity contribution >= 4 is 17.2 Å². The fourth-order valence-electron chi connectivity index (χ4n) is 4.52. The molecule has 3 heterocycles. The van der Waals surface area contributed by atoms with Crippen molar-refractivity contribution in [3.05, 3.63) is 23.7 Å². The molecule has 3 rings (SSSR count). The first-order valence-electron chi connectivity index (χ1n) is 12.8. The molecule has 4 atom stereocenters. The van der Waals surface area contributed by atoms with Crippen LogP contribution in [0.2, 0.25) is 0 Å². The Balaban J connectivity index is 2.04. The van der Waals surface area contributed by atoms with Gasteiger partial charge >= 0.3 is 0 Å². The maximum Gasteiger partial charge on any atom is 0.251 e. The molecule has 0 spiro atoms. The number of nitrogens with zero attached hydrogens (tertiary/aromatic N) is 3. The van der Waals surface area contributed by atoms with Gasteiger partial charge in [0.25, 0.3) is 5.91 Å². The molecule has 1 fully saturated rings. The highest BCUT2D eigenvalue weighted by molar-refractivity contribution is 6.02. The molecule has 0 unspecified atom stereocenters. The van der Waals surface area contributed by atoms with Crippen LogP contribution in [0.5, 0.6) is 0 Å². The largest absolute Gasteiger partial charge is 0.382 e. The van der Waals surface area contributed by atoms with E-state index in [1.165, 1.54) is 6.33 Å². The Morgan fingerprint density at radius 2 is 1.83 bits per heavy atom. The van der Waals surface area contributed by atoms with Gasteiger partial charge in [-0.3, -0.25) is 4.79 Å². The topological polar surface area (TPSA) is 136 Å². The van der Waals surface area contributed by atoms with E-state index in [1.807, 2.05) is 6.92 Å². The number of rotatable bonds is 15. The predicted molar refractivity (Wildman–Crippen MR) is 133 cm³/mol. The minimum absolute atomic E-state index is 0.168. The summed E-state index contributed by atoms with van der Waals surface area (Å²) < 4.78 is 27.1. The lowest BCUT2D eigenvalue weighted by atomic mass is 9.90. The molecule has 0 bridgehead atoms. The first-order chi connectivity index (χ1) is 16.9. The fourth-order valence-corrected chi connectivity index (χ4v) is 4.52. The zero-order valence-corrected chi connectivity index (χ0v) is 21.5. The number of primary amides is 1. The summed E-state index contributed by atoms with van der Waals surface area (Å²) in [6, 6.07) is 1.68. The first-order valence-corrected chi connectivity index (χ1v) is 12.8. The third kappa shape index (κ3) is 5.94. The summed E-state index contributed by atoms with van der Waals surface area (Å²) in [5, 5.41) is 4.37. The van der Waals surface area contributed by atoms with E-state index in [1.54, 1.807) is 10.6 Å². The van der Waals surface area contributed by atoms with Crippen molar-refractivity contribution in [2.75, 3.05) is 32.2 Å². The smallest absolute Gasteiger partial charge is 0.251 e. The molecule has 0 radical (unpaired) electrons. The molecule has 196 valence electrons. The number of nitrogen functional groups attached to an aromatic ring is 1. The minimum Gasteiger partial charge on any atom is -0.382 e. The Bertz CT molecular complexity index is 967. The van der Waals surface area contributed by atoms with E-state index in [4.69, 9.17) is 30.4 Å². The van der Waals surface area contributed by atoms with Gasteiger partial charge in [-0.25, -0.2) is 9.50 Å². The molecular formula is C25H41N5O5. The number of hydrogen-bond donors (Lipinski definition) is 2. The number of ether oxygens (including phenoxy) is 4. The number of nitrogens with two attached hydrogens (primary N) is 2. The van der Waals surface area contributed by atoms with Gasteiger partial charge in [0.2, 0.25) is 0 Å². The Morgan fingerprint density at radius 3 is 2.51 bits per heavy atom. The van der Waals surface area contributed by atoms with Gasteiger partial charge < -0.3 is 30.4 Å². The Kier molecular flexibility index (Phi) is 9.85. The van der Waals surface area contributed by atoms with Gasteiger partial charge in [0.1, 0.15) is 35.8 Å². The molecule has 4 N–H and O–H groups in total. The van der Waals surface area contributed by atoms with Gasteiger partial charge in [-0.2, -0.15) is 5.10 Å². The molecule has 1 saturated heterocycles. The van der Waals surface area contributed by atoms with Crippen molar-refractivity contribution in [3.8, 4) is 0 Å². The molecule has 2 aromatic rings. The summed E-state index contributed by atoms with van der Waals surface area (Å²) in [5.74, 6) is -0.445. The van der Waals surface area contributed by atoms with Crippen molar-refractivity contribution < 1.29 is 23.7 Å². The average Bonchev–Trinajstić information content (AvgIpc) is 3.34. The molecule has 0 aromatic carbocycles. The van der Waals surface area contributed by atoms with Crippen LogP contribution in [0.25, 0.3) is 5.52 Å². The monoisotopic (exact) mass is 491 g/mol. The number of aromatic nitrogens is 3. The maximum absolute atomic E-state index is 12.3. The molecular weight excluding hydrogens is 450 g/mol. The van der Waals surface area contributed by atoms with Crippen LogP contribution in [0.3, 0.4) is 0 Å². The highest BCUT2D eigenvalue weighted by Crippen LogP contribution is 2.47. The highest BCUT2D eigenvalue weighted by Gasteiger charge is 2.57. The summed E-state index contributed by atoms with van der Waals surface area (Å²) in [5.41, 5.74) is 12.1. The number of unbranched alkanes of at least 4 members (excludes halogenated alkanes) is 3. The maximum atomic E-state index is 12.3. The molecule has 35 heavy (non-hydrogen) atoms. The fraction of sp³-hybridized carbons (Fsp3) is 0.720. The van der Waals surface area contributed by atoms with E-state index in [0.717, 1.165) is 38.5 Å². The summed E-state index contributed by atoms with van der Waals surface area (Å²) in [6.45, 7) is 10.5. The zero-order valence-electron chi connectivity index (χ0n) is 21.5. The SMILES string of the molecule is CCCCOC[C@H]1O[C@@H](c2cc(C(N)=O)c3c(N)ncnn23)[C@](C)(OCCCC)[C@@H]1OCCCC. The third-order valence-corrected chi connectivity index (χ3v) is 6.51. The van der Waals surface area contributed by atoms with E-state index < -0.39 is 17.6 Å². The molecule has 1 aliphatic rings. The van der Waals surface area contributed by atoms with Gasteiger partial charge in [-0.05, 0) is 32.3 Å². The second kappa shape index (κ2) is 12.6. The Morgan fingerprint density at radius 1 is 1.14 bits per heavy atom. The first kappa shape index (κ1) is 27.3.